The first kappa shape index (κ1) is 13.2. The molecule has 0 aliphatic carbocycles. The highest BCUT2D eigenvalue weighted by Crippen LogP contribution is 2.32. The molecule has 3 heterocycles. The second kappa shape index (κ2) is 5.36. The number of aromatic nitrogens is 2. The van der Waals surface area contributed by atoms with E-state index in [2.05, 4.69) is 9.97 Å². The van der Waals surface area contributed by atoms with Gasteiger partial charge in [-0.15, -0.1) is 11.3 Å². The van der Waals surface area contributed by atoms with Crippen molar-refractivity contribution in [2.75, 3.05) is 0 Å². The second-order valence-electron chi connectivity index (χ2n) is 4.86. The maximum absolute atomic E-state index is 10.6. The summed E-state index contributed by atoms with van der Waals surface area (Å²) in [4.78, 5) is 9.53. The van der Waals surface area contributed by atoms with Gasteiger partial charge in [0.15, 0.2) is 11.2 Å². The lowest BCUT2D eigenvalue weighted by Gasteiger charge is -2.08. The Kier molecular flexibility index (Phi) is 3.21. The van der Waals surface area contributed by atoms with Crippen LogP contribution in [-0.2, 0) is 0 Å². The summed E-state index contributed by atoms with van der Waals surface area (Å²) >= 11 is 1.51. The van der Waals surface area contributed by atoms with E-state index in [4.69, 9.17) is 4.42 Å². The maximum atomic E-state index is 10.6. The maximum Gasteiger partial charge on any atom is 0.228 e. The molecule has 1 atom stereocenters. The summed E-state index contributed by atoms with van der Waals surface area (Å²) < 4.78 is 5.88. The van der Waals surface area contributed by atoms with Crippen molar-refractivity contribution in [2.24, 2.45) is 0 Å². The van der Waals surface area contributed by atoms with E-state index in [0.29, 0.717) is 22.7 Å². The lowest BCUT2D eigenvalue weighted by Crippen LogP contribution is -1.98. The number of thiophene rings is 1. The highest BCUT2D eigenvalue weighted by Gasteiger charge is 2.19. The van der Waals surface area contributed by atoms with Gasteiger partial charge in [0.25, 0.3) is 0 Å². The number of pyridine rings is 1. The molecule has 3 aromatic heterocycles. The molecule has 0 aliphatic heterocycles. The number of hydrogen-bond acceptors (Lipinski definition) is 5. The van der Waals surface area contributed by atoms with Gasteiger partial charge in [-0.2, -0.15) is 4.98 Å². The highest BCUT2D eigenvalue weighted by molar-refractivity contribution is 7.10. The molecule has 1 N–H and O–H groups in total. The van der Waals surface area contributed by atoms with Crippen molar-refractivity contribution in [2.45, 2.75) is 6.10 Å². The lowest BCUT2D eigenvalue weighted by molar-refractivity contribution is 0.224. The summed E-state index contributed by atoms with van der Waals surface area (Å²) in [7, 11) is 0. The van der Waals surface area contributed by atoms with Crippen LogP contribution in [0.25, 0.3) is 22.7 Å². The Labute approximate surface area is 130 Å². The summed E-state index contributed by atoms with van der Waals surface area (Å²) in [5, 5.41) is 12.5. The molecule has 1 unspecified atom stereocenters. The molecule has 0 fully saturated rings. The van der Waals surface area contributed by atoms with Gasteiger partial charge >= 0.3 is 0 Å². The van der Waals surface area contributed by atoms with Crippen molar-refractivity contribution in [1.29, 1.82) is 0 Å². The average molecular weight is 308 g/mol. The van der Waals surface area contributed by atoms with Gasteiger partial charge in [-0.3, -0.25) is 0 Å². The zero-order valence-electron chi connectivity index (χ0n) is 11.5. The van der Waals surface area contributed by atoms with Gasteiger partial charge in [0, 0.05) is 22.2 Å². The molecule has 5 heteroatoms. The Morgan fingerprint density at radius 1 is 1.05 bits per heavy atom. The minimum absolute atomic E-state index is 0.506. The molecule has 1 aromatic carbocycles. The third-order valence-electron chi connectivity index (χ3n) is 3.45. The quantitative estimate of drug-likeness (QED) is 0.620. The van der Waals surface area contributed by atoms with Crippen LogP contribution in [-0.4, -0.2) is 15.1 Å². The first-order chi connectivity index (χ1) is 10.8. The molecule has 4 aromatic rings. The van der Waals surface area contributed by atoms with Gasteiger partial charge in [-0.25, -0.2) is 4.98 Å². The van der Waals surface area contributed by atoms with E-state index in [-0.39, 0.29) is 0 Å². The van der Waals surface area contributed by atoms with E-state index >= 15 is 0 Å². The molecule has 4 rings (SSSR count). The van der Waals surface area contributed by atoms with E-state index in [0.717, 1.165) is 10.4 Å². The Morgan fingerprint density at radius 2 is 1.91 bits per heavy atom. The highest BCUT2D eigenvalue weighted by atomic mass is 32.1. The minimum atomic E-state index is -0.734. The Balaban J connectivity index is 1.85. The largest absolute Gasteiger partial charge is 0.434 e. The molecule has 108 valence electrons. The normalized spacial score (nSPS) is 12.6. The van der Waals surface area contributed by atoms with Gasteiger partial charge < -0.3 is 9.52 Å². The standard InChI is InChI=1S/C17H12N2O2S/c20-14(13-7-4-10-22-13)12-8-9-18-16-15(12)21-17(19-16)11-5-2-1-3-6-11/h1-10,14,20H. The van der Waals surface area contributed by atoms with Crippen molar-refractivity contribution in [3.05, 3.63) is 70.5 Å². The van der Waals surface area contributed by atoms with Crippen LogP contribution in [0.4, 0.5) is 0 Å². The lowest BCUT2D eigenvalue weighted by atomic mass is 10.1. The fourth-order valence-corrected chi connectivity index (χ4v) is 3.10. The monoisotopic (exact) mass is 308 g/mol. The molecule has 0 saturated carbocycles. The van der Waals surface area contributed by atoms with Crippen molar-refractivity contribution in [3.8, 4) is 11.5 Å². The molecule has 0 bridgehead atoms. The average Bonchev–Trinajstić information content (AvgIpc) is 3.24. The number of aliphatic hydroxyl groups is 1. The molecule has 22 heavy (non-hydrogen) atoms. The van der Waals surface area contributed by atoms with E-state index in [1.807, 2.05) is 47.8 Å². The topological polar surface area (TPSA) is 59.2 Å². The number of nitrogens with zero attached hydrogens (tertiary/aromatic N) is 2. The van der Waals surface area contributed by atoms with Crippen molar-refractivity contribution >= 4 is 22.6 Å². The number of rotatable bonds is 3. The molecular formula is C17H12N2O2S. The van der Waals surface area contributed by atoms with Crippen LogP contribution in [0.1, 0.15) is 16.5 Å². The zero-order valence-corrected chi connectivity index (χ0v) is 12.3. The second-order valence-corrected chi connectivity index (χ2v) is 5.84. The van der Waals surface area contributed by atoms with Crippen LogP contribution >= 0.6 is 11.3 Å². The van der Waals surface area contributed by atoms with Gasteiger partial charge in [-0.1, -0.05) is 24.3 Å². The Hall–Kier alpha value is -2.50. The number of fused-ring (bicyclic) bond motifs is 1. The zero-order chi connectivity index (χ0) is 14.9. The Bertz CT molecular complexity index is 901. The molecule has 4 nitrogen and oxygen atoms in total. The molecule has 0 spiro atoms. The van der Waals surface area contributed by atoms with Crippen molar-refractivity contribution in [3.63, 3.8) is 0 Å². The van der Waals surface area contributed by atoms with E-state index in [1.54, 1.807) is 12.3 Å². The fraction of sp³-hybridized carbons (Fsp3) is 0.0588. The minimum Gasteiger partial charge on any atom is -0.434 e. The van der Waals surface area contributed by atoms with E-state index in [1.165, 1.54) is 11.3 Å². The fourth-order valence-electron chi connectivity index (χ4n) is 2.37. The molecular weight excluding hydrogens is 296 g/mol. The number of hydrogen-bond donors (Lipinski definition) is 1. The SMILES string of the molecule is OC(c1cccs1)c1ccnc2nc(-c3ccccc3)oc12. The van der Waals surface area contributed by atoms with E-state index in [9.17, 15) is 5.11 Å². The van der Waals surface area contributed by atoms with Gasteiger partial charge in [-0.05, 0) is 29.6 Å². The molecule has 0 amide bonds. The van der Waals surface area contributed by atoms with Crippen LogP contribution in [0.15, 0.2) is 64.5 Å². The van der Waals surface area contributed by atoms with Gasteiger partial charge in [0.2, 0.25) is 5.89 Å². The summed E-state index contributed by atoms with van der Waals surface area (Å²) in [5.74, 6) is 0.508. The third kappa shape index (κ3) is 2.20. The summed E-state index contributed by atoms with van der Waals surface area (Å²) in [5.41, 5.74) is 2.61. The van der Waals surface area contributed by atoms with Gasteiger partial charge in [0.05, 0.1) is 0 Å². The molecule has 0 radical (unpaired) electrons. The smallest absolute Gasteiger partial charge is 0.228 e. The number of oxazole rings is 1. The first-order valence-electron chi connectivity index (χ1n) is 6.85. The first-order valence-corrected chi connectivity index (χ1v) is 7.73. The number of benzene rings is 1. The third-order valence-corrected chi connectivity index (χ3v) is 4.38. The summed E-state index contributed by atoms with van der Waals surface area (Å²) in [6.07, 6.45) is 0.910. The molecule has 0 aliphatic rings. The Morgan fingerprint density at radius 3 is 2.68 bits per heavy atom. The van der Waals surface area contributed by atoms with Crippen LogP contribution in [0.2, 0.25) is 0 Å². The predicted octanol–water partition coefficient (Wildman–Crippen LogP) is 4.03. The summed E-state index contributed by atoms with van der Waals surface area (Å²) in [6.45, 7) is 0. The van der Waals surface area contributed by atoms with Crippen LogP contribution < -0.4 is 0 Å². The van der Waals surface area contributed by atoms with Crippen LogP contribution in [0.3, 0.4) is 0 Å². The van der Waals surface area contributed by atoms with Crippen molar-refractivity contribution < 1.29 is 9.52 Å². The van der Waals surface area contributed by atoms with Crippen LogP contribution in [0, 0.1) is 0 Å². The number of aliphatic hydroxyl groups excluding tert-OH is 1. The van der Waals surface area contributed by atoms with Crippen LogP contribution in [0.5, 0.6) is 0 Å². The van der Waals surface area contributed by atoms with Crippen molar-refractivity contribution in [1.82, 2.24) is 9.97 Å². The summed E-state index contributed by atoms with van der Waals surface area (Å²) in [6, 6.07) is 15.2. The van der Waals surface area contributed by atoms with E-state index < -0.39 is 6.10 Å². The molecule has 0 saturated heterocycles. The predicted molar refractivity (Wildman–Crippen MR) is 85.6 cm³/mol. The van der Waals surface area contributed by atoms with Gasteiger partial charge in [0.1, 0.15) is 6.10 Å².